The Morgan fingerprint density at radius 1 is 1.04 bits per heavy atom. The van der Waals surface area contributed by atoms with Gasteiger partial charge in [0.15, 0.2) is 6.29 Å². The average Bonchev–Trinajstić information content (AvgIpc) is 2.63. The third-order valence-corrected chi connectivity index (χ3v) is 5.27. The Bertz CT molecular complexity index is 376. The Labute approximate surface area is 149 Å². The molecule has 0 amide bonds. The van der Waals surface area contributed by atoms with Crippen LogP contribution in [0, 0.1) is 11.8 Å². The van der Waals surface area contributed by atoms with Crippen molar-refractivity contribution in [1.82, 2.24) is 0 Å². The Balaban J connectivity index is 1.58. The first-order valence-corrected chi connectivity index (χ1v) is 9.82. The fourth-order valence-corrected chi connectivity index (χ4v) is 3.73. The summed E-state index contributed by atoms with van der Waals surface area (Å²) in [5, 5.41) is 0. The van der Waals surface area contributed by atoms with Crippen molar-refractivity contribution in [2.45, 2.75) is 90.0 Å². The van der Waals surface area contributed by atoms with Gasteiger partial charge in [-0.1, -0.05) is 39.0 Å². The van der Waals surface area contributed by atoms with Crippen molar-refractivity contribution in [3.8, 4) is 0 Å². The third kappa shape index (κ3) is 7.18. The van der Waals surface area contributed by atoms with Crippen LogP contribution in [0.15, 0.2) is 0 Å². The second-order valence-electron chi connectivity index (χ2n) is 7.38. The molecule has 0 aromatic rings. The Kier molecular flexibility index (Phi) is 9.10. The summed E-state index contributed by atoms with van der Waals surface area (Å²) in [5.41, 5.74) is 0. The summed E-state index contributed by atoms with van der Waals surface area (Å²) in [6.45, 7) is 3.72. The third-order valence-electron chi connectivity index (χ3n) is 5.27. The first-order chi connectivity index (χ1) is 12.1. The highest BCUT2D eigenvalue weighted by molar-refractivity contribution is 5.72. The van der Waals surface area contributed by atoms with Crippen LogP contribution in [0.4, 0.5) is 8.78 Å². The Hall–Kier alpha value is -0.750. The van der Waals surface area contributed by atoms with Gasteiger partial charge in [0.05, 0.1) is 13.2 Å². The van der Waals surface area contributed by atoms with Gasteiger partial charge in [0.2, 0.25) is 0 Å². The minimum atomic E-state index is -3.04. The number of alkyl halides is 2. The molecule has 0 atom stereocenters. The van der Waals surface area contributed by atoms with Crippen molar-refractivity contribution in [1.29, 1.82) is 0 Å². The number of esters is 1. The summed E-state index contributed by atoms with van der Waals surface area (Å²) in [5.74, 6) is -0.649. The highest BCUT2D eigenvalue weighted by Gasteiger charge is 2.34. The van der Waals surface area contributed by atoms with E-state index in [0.29, 0.717) is 18.8 Å². The van der Waals surface area contributed by atoms with E-state index in [9.17, 15) is 13.6 Å². The molecule has 25 heavy (non-hydrogen) atoms. The molecule has 0 aromatic carbocycles. The van der Waals surface area contributed by atoms with Gasteiger partial charge in [-0.05, 0) is 32.1 Å². The van der Waals surface area contributed by atoms with Gasteiger partial charge < -0.3 is 14.2 Å². The molecule has 0 aromatic heterocycles. The topological polar surface area (TPSA) is 44.8 Å². The van der Waals surface area contributed by atoms with E-state index >= 15 is 0 Å². The molecule has 6 heteroatoms. The van der Waals surface area contributed by atoms with E-state index in [4.69, 9.17) is 14.2 Å². The molecule has 1 aliphatic heterocycles. The molecule has 0 spiro atoms. The number of carbonyl (C=O) groups is 1. The lowest BCUT2D eigenvalue weighted by Gasteiger charge is -2.37. The summed E-state index contributed by atoms with van der Waals surface area (Å²) < 4.78 is 41.1. The Morgan fingerprint density at radius 3 is 2.28 bits per heavy atom. The predicted octanol–water partition coefficient (Wildman–Crippen LogP) is 4.70. The lowest BCUT2D eigenvalue weighted by Crippen LogP contribution is -2.39. The maximum absolute atomic E-state index is 12.2. The molecule has 1 saturated carbocycles. The molecule has 0 radical (unpaired) electrons. The van der Waals surface area contributed by atoms with Crippen LogP contribution >= 0.6 is 0 Å². The smallest absolute Gasteiger partial charge is 0.374 e. The number of carbonyl (C=O) groups excluding carboxylic acids is 1. The van der Waals surface area contributed by atoms with E-state index in [0.717, 1.165) is 32.5 Å². The minimum absolute atomic E-state index is 0.192. The lowest BCUT2D eigenvalue weighted by molar-refractivity contribution is -0.231. The van der Waals surface area contributed by atoms with Gasteiger partial charge in [0.1, 0.15) is 6.10 Å². The normalized spacial score (nSPS) is 30.4. The monoisotopic (exact) mass is 362 g/mol. The van der Waals surface area contributed by atoms with Gasteiger partial charge in [-0.2, -0.15) is 8.78 Å². The first-order valence-electron chi connectivity index (χ1n) is 9.82. The quantitative estimate of drug-likeness (QED) is 0.440. The van der Waals surface area contributed by atoms with Crippen molar-refractivity contribution in [2.75, 3.05) is 13.2 Å². The second kappa shape index (κ2) is 11.1. The SMILES string of the molecule is CCCCCCCC1COC(C2CCC(OC(=O)C(F)F)CC2)OC1. The molecule has 2 rings (SSSR count). The zero-order valence-electron chi connectivity index (χ0n) is 15.3. The van der Waals surface area contributed by atoms with Crippen molar-refractivity contribution < 1.29 is 27.8 Å². The van der Waals surface area contributed by atoms with Crippen LogP contribution < -0.4 is 0 Å². The standard InChI is InChI=1S/C19H32F2O4/c1-2-3-4-5-6-7-14-12-23-19(24-13-14)15-8-10-16(11-9-15)25-18(22)17(20)21/h14-17,19H,2-13H2,1H3. The summed E-state index contributed by atoms with van der Waals surface area (Å²) in [6.07, 6.45) is 6.73. The van der Waals surface area contributed by atoms with Crippen molar-refractivity contribution in [2.24, 2.45) is 11.8 Å². The van der Waals surface area contributed by atoms with E-state index < -0.39 is 18.5 Å². The van der Waals surface area contributed by atoms with Crippen LogP contribution in [-0.4, -0.2) is 38.0 Å². The van der Waals surface area contributed by atoms with Gasteiger partial charge in [0.25, 0.3) is 0 Å². The van der Waals surface area contributed by atoms with E-state index in [1.54, 1.807) is 0 Å². The molecular weight excluding hydrogens is 330 g/mol. The molecule has 1 saturated heterocycles. The van der Waals surface area contributed by atoms with Crippen LogP contribution in [0.3, 0.4) is 0 Å². The highest BCUT2D eigenvalue weighted by atomic mass is 19.3. The van der Waals surface area contributed by atoms with Crippen LogP contribution in [0.5, 0.6) is 0 Å². The van der Waals surface area contributed by atoms with E-state index in [2.05, 4.69) is 6.92 Å². The van der Waals surface area contributed by atoms with Crippen LogP contribution in [0.2, 0.25) is 0 Å². The average molecular weight is 362 g/mol. The van der Waals surface area contributed by atoms with Crippen molar-refractivity contribution in [3.05, 3.63) is 0 Å². The molecule has 2 fully saturated rings. The molecular formula is C19H32F2O4. The summed E-state index contributed by atoms with van der Waals surface area (Å²) in [7, 11) is 0. The van der Waals surface area contributed by atoms with Crippen LogP contribution in [0.1, 0.15) is 71.1 Å². The second-order valence-corrected chi connectivity index (χ2v) is 7.38. The maximum atomic E-state index is 12.2. The zero-order chi connectivity index (χ0) is 18.1. The lowest BCUT2D eigenvalue weighted by atomic mass is 9.86. The van der Waals surface area contributed by atoms with E-state index in [-0.39, 0.29) is 12.2 Å². The van der Waals surface area contributed by atoms with E-state index in [1.807, 2.05) is 0 Å². The number of rotatable bonds is 9. The number of halogens is 2. The minimum Gasteiger partial charge on any atom is -0.458 e. The fraction of sp³-hybridized carbons (Fsp3) is 0.947. The van der Waals surface area contributed by atoms with Gasteiger partial charge in [0, 0.05) is 11.8 Å². The molecule has 2 aliphatic rings. The van der Waals surface area contributed by atoms with E-state index in [1.165, 1.54) is 32.1 Å². The summed E-state index contributed by atoms with van der Waals surface area (Å²) in [4.78, 5) is 11.0. The number of ether oxygens (including phenoxy) is 3. The molecule has 1 heterocycles. The predicted molar refractivity (Wildman–Crippen MR) is 90.4 cm³/mol. The van der Waals surface area contributed by atoms with Crippen molar-refractivity contribution >= 4 is 5.97 Å². The molecule has 0 bridgehead atoms. The number of unbranched alkanes of at least 4 members (excludes halogenated alkanes) is 4. The first kappa shape index (κ1) is 20.6. The van der Waals surface area contributed by atoms with Crippen LogP contribution in [0.25, 0.3) is 0 Å². The van der Waals surface area contributed by atoms with Gasteiger partial charge in [-0.25, -0.2) is 4.79 Å². The van der Waals surface area contributed by atoms with Gasteiger partial charge >= 0.3 is 12.4 Å². The van der Waals surface area contributed by atoms with Gasteiger partial charge in [-0.15, -0.1) is 0 Å². The number of hydrogen-bond donors (Lipinski definition) is 0. The number of hydrogen-bond acceptors (Lipinski definition) is 4. The molecule has 0 unspecified atom stereocenters. The largest absolute Gasteiger partial charge is 0.458 e. The molecule has 4 nitrogen and oxygen atoms in total. The fourth-order valence-electron chi connectivity index (χ4n) is 3.73. The maximum Gasteiger partial charge on any atom is 0.374 e. The molecule has 0 N–H and O–H groups in total. The highest BCUT2D eigenvalue weighted by Crippen LogP contribution is 2.33. The zero-order valence-corrected chi connectivity index (χ0v) is 15.3. The Morgan fingerprint density at radius 2 is 1.68 bits per heavy atom. The van der Waals surface area contributed by atoms with Crippen LogP contribution in [-0.2, 0) is 19.0 Å². The summed E-state index contributed by atoms with van der Waals surface area (Å²) >= 11 is 0. The van der Waals surface area contributed by atoms with Crippen molar-refractivity contribution in [3.63, 3.8) is 0 Å². The van der Waals surface area contributed by atoms with Gasteiger partial charge in [-0.3, -0.25) is 0 Å². The molecule has 1 aliphatic carbocycles. The summed E-state index contributed by atoms with van der Waals surface area (Å²) in [6, 6.07) is 0. The molecule has 146 valence electrons.